The van der Waals surface area contributed by atoms with Crippen molar-refractivity contribution >= 4 is 22.8 Å². The molecule has 0 radical (unpaired) electrons. The first-order valence-corrected chi connectivity index (χ1v) is 6.23. The van der Waals surface area contributed by atoms with Crippen LogP contribution < -0.4 is 10.6 Å². The van der Waals surface area contributed by atoms with E-state index in [0.29, 0.717) is 11.6 Å². The average Bonchev–Trinajstić information content (AvgIpc) is 3.09. The van der Waals surface area contributed by atoms with Crippen LogP contribution in [0.5, 0.6) is 0 Å². The number of hydrogen-bond acceptors (Lipinski definition) is 3. The van der Waals surface area contributed by atoms with E-state index in [0.717, 1.165) is 23.9 Å². The Hall–Kier alpha value is -2.37. The van der Waals surface area contributed by atoms with E-state index in [4.69, 9.17) is 0 Å². The van der Waals surface area contributed by atoms with Crippen LogP contribution >= 0.6 is 0 Å². The van der Waals surface area contributed by atoms with E-state index in [-0.39, 0.29) is 18.4 Å². The summed E-state index contributed by atoms with van der Waals surface area (Å²) >= 11 is 0. The van der Waals surface area contributed by atoms with Crippen LogP contribution in [0.15, 0.2) is 24.5 Å². The number of amides is 2. The molecule has 0 unspecified atom stereocenters. The minimum atomic E-state index is -0.262. The fourth-order valence-electron chi connectivity index (χ4n) is 1.85. The van der Waals surface area contributed by atoms with Crippen molar-refractivity contribution < 1.29 is 9.59 Å². The predicted molar refractivity (Wildman–Crippen MR) is 69.6 cm³/mol. The van der Waals surface area contributed by atoms with E-state index in [2.05, 4.69) is 20.6 Å². The first-order valence-electron chi connectivity index (χ1n) is 6.23. The Morgan fingerprint density at radius 2 is 2.21 bits per heavy atom. The Kier molecular flexibility index (Phi) is 2.91. The van der Waals surface area contributed by atoms with Crippen molar-refractivity contribution in [3.63, 3.8) is 0 Å². The third-order valence-electron chi connectivity index (χ3n) is 3.03. The fraction of sp³-hybridized carbons (Fsp3) is 0.308. The van der Waals surface area contributed by atoms with Gasteiger partial charge in [0.15, 0.2) is 0 Å². The number of H-pyrrole nitrogens is 1. The molecule has 98 valence electrons. The molecule has 2 aromatic rings. The van der Waals surface area contributed by atoms with Crippen LogP contribution in [0, 0.1) is 0 Å². The number of nitrogens with zero attached hydrogens (tertiary/aromatic N) is 1. The summed E-state index contributed by atoms with van der Waals surface area (Å²) in [5.41, 5.74) is 2.12. The number of fused-ring (bicyclic) bond motifs is 1. The van der Waals surface area contributed by atoms with Gasteiger partial charge in [-0.3, -0.25) is 9.59 Å². The number of benzene rings is 1. The van der Waals surface area contributed by atoms with Gasteiger partial charge in [0.2, 0.25) is 5.91 Å². The van der Waals surface area contributed by atoms with Crippen LogP contribution in [0.25, 0.3) is 11.0 Å². The van der Waals surface area contributed by atoms with Crippen LogP contribution in [-0.2, 0) is 4.79 Å². The zero-order valence-corrected chi connectivity index (χ0v) is 10.3. The summed E-state index contributed by atoms with van der Waals surface area (Å²) in [6.07, 6.45) is 3.65. The molecule has 1 aromatic carbocycles. The highest BCUT2D eigenvalue weighted by atomic mass is 16.2. The molecular formula is C13H14N4O2. The van der Waals surface area contributed by atoms with Crippen LogP contribution in [0.1, 0.15) is 23.2 Å². The van der Waals surface area contributed by atoms with E-state index in [1.165, 1.54) is 0 Å². The van der Waals surface area contributed by atoms with Crippen LogP contribution in [0.4, 0.5) is 0 Å². The normalized spacial score (nSPS) is 14.3. The molecule has 6 nitrogen and oxygen atoms in total. The van der Waals surface area contributed by atoms with Crippen LogP contribution in [0.2, 0.25) is 0 Å². The zero-order chi connectivity index (χ0) is 13.2. The lowest BCUT2D eigenvalue weighted by atomic mass is 10.2. The van der Waals surface area contributed by atoms with E-state index >= 15 is 0 Å². The van der Waals surface area contributed by atoms with Gasteiger partial charge in [-0.25, -0.2) is 4.98 Å². The topological polar surface area (TPSA) is 86.9 Å². The van der Waals surface area contributed by atoms with Crippen molar-refractivity contribution in [2.24, 2.45) is 0 Å². The lowest BCUT2D eigenvalue weighted by Gasteiger charge is -2.05. The summed E-state index contributed by atoms with van der Waals surface area (Å²) in [6, 6.07) is 5.49. The first kappa shape index (κ1) is 11.7. The van der Waals surface area contributed by atoms with Crippen molar-refractivity contribution in [1.29, 1.82) is 0 Å². The molecule has 19 heavy (non-hydrogen) atoms. The molecule has 1 aromatic heterocycles. The summed E-state index contributed by atoms with van der Waals surface area (Å²) in [5, 5.41) is 5.42. The van der Waals surface area contributed by atoms with Gasteiger partial charge >= 0.3 is 0 Å². The standard InChI is InChI=1S/C13H14N4O2/c18-12(17-9-2-3-9)6-14-13(19)8-1-4-10-11(5-8)16-7-15-10/h1,4-5,7,9H,2-3,6H2,(H,14,19)(H,15,16)(H,17,18). The number of aromatic amines is 1. The lowest BCUT2D eigenvalue weighted by molar-refractivity contribution is -0.120. The molecule has 3 N–H and O–H groups in total. The molecule has 3 rings (SSSR count). The minimum Gasteiger partial charge on any atom is -0.352 e. The van der Waals surface area contributed by atoms with E-state index in [1.807, 2.05) is 0 Å². The number of nitrogens with one attached hydrogen (secondary N) is 3. The van der Waals surface area contributed by atoms with Gasteiger partial charge in [0.05, 0.1) is 23.9 Å². The Morgan fingerprint density at radius 3 is 3.00 bits per heavy atom. The lowest BCUT2D eigenvalue weighted by Crippen LogP contribution is -2.37. The summed E-state index contributed by atoms with van der Waals surface area (Å²) in [4.78, 5) is 30.4. The molecule has 0 atom stereocenters. The maximum absolute atomic E-state index is 11.9. The third kappa shape index (κ3) is 2.73. The van der Waals surface area contributed by atoms with Gasteiger partial charge in [-0.2, -0.15) is 0 Å². The Morgan fingerprint density at radius 1 is 1.37 bits per heavy atom. The number of carbonyl (C=O) groups is 2. The number of rotatable bonds is 4. The van der Waals surface area contributed by atoms with Crippen molar-refractivity contribution in [3.05, 3.63) is 30.1 Å². The maximum atomic E-state index is 11.9. The van der Waals surface area contributed by atoms with Crippen molar-refractivity contribution in [2.75, 3.05) is 6.54 Å². The number of imidazole rings is 1. The molecule has 1 fully saturated rings. The molecule has 2 amide bonds. The fourth-order valence-corrected chi connectivity index (χ4v) is 1.85. The molecule has 1 aliphatic rings. The molecule has 1 heterocycles. The van der Waals surface area contributed by atoms with E-state index < -0.39 is 0 Å². The molecular weight excluding hydrogens is 244 g/mol. The molecule has 0 spiro atoms. The number of carbonyl (C=O) groups excluding carboxylic acids is 2. The summed E-state index contributed by atoms with van der Waals surface area (Å²) in [5.74, 6) is -0.402. The minimum absolute atomic E-state index is 0.0103. The highest BCUT2D eigenvalue weighted by molar-refractivity contribution is 5.98. The monoisotopic (exact) mass is 258 g/mol. The first-order chi connectivity index (χ1) is 9.22. The van der Waals surface area contributed by atoms with Crippen LogP contribution in [0.3, 0.4) is 0 Å². The molecule has 0 aliphatic heterocycles. The highest BCUT2D eigenvalue weighted by Gasteiger charge is 2.23. The number of aromatic nitrogens is 2. The van der Waals surface area contributed by atoms with Crippen molar-refractivity contribution in [2.45, 2.75) is 18.9 Å². The molecule has 6 heteroatoms. The van der Waals surface area contributed by atoms with Crippen molar-refractivity contribution in [3.8, 4) is 0 Å². The van der Waals surface area contributed by atoms with Gasteiger partial charge in [0.1, 0.15) is 0 Å². The second kappa shape index (κ2) is 4.72. The van der Waals surface area contributed by atoms with Crippen LogP contribution in [-0.4, -0.2) is 34.4 Å². The van der Waals surface area contributed by atoms with E-state index in [9.17, 15) is 9.59 Å². The Bertz CT molecular complexity index is 630. The molecule has 1 saturated carbocycles. The second-order valence-electron chi connectivity index (χ2n) is 4.66. The summed E-state index contributed by atoms with van der Waals surface area (Å²) in [6.45, 7) is 0.0103. The second-order valence-corrected chi connectivity index (χ2v) is 4.66. The van der Waals surface area contributed by atoms with E-state index in [1.54, 1.807) is 24.5 Å². The Balaban J connectivity index is 1.60. The summed E-state index contributed by atoms with van der Waals surface area (Å²) in [7, 11) is 0. The molecule has 0 saturated heterocycles. The predicted octanol–water partition coefficient (Wildman–Crippen LogP) is 0.571. The smallest absolute Gasteiger partial charge is 0.251 e. The van der Waals surface area contributed by atoms with Crippen molar-refractivity contribution in [1.82, 2.24) is 20.6 Å². The van der Waals surface area contributed by atoms with Gasteiger partial charge in [-0.05, 0) is 31.0 Å². The summed E-state index contributed by atoms with van der Waals surface area (Å²) < 4.78 is 0. The van der Waals surface area contributed by atoms with Gasteiger partial charge in [0.25, 0.3) is 5.91 Å². The maximum Gasteiger partial charge on any atom is 0.251 e. The number of hydrogen-bond donors (Lipinski definition) is 3. The SMILES string of the molecule is O=C(CNC(=O)c1ccc2nc[nH]c2c1)NC1CC1. The highest BCUT2D eigenvalue weighted by Crippen LogP contribution is 2.18. The van der Waals surface area contributed by atoms with Gasteiger partial charge in [-0.1, -0.05) is 0 Å². The molecule has 0 bridgehead atoms. The van der Waals surface area contributed by atoms with Gasteiger partial charge < -0.3 is 15.6 Å². The quantitative estimate of drug-likeness (QED) is 0.749. The van der Waals surface area contributed by atoms with Gasteiger partial charge in [-0.15, -0.1) is 0 Å². The largest absolute Gasteiger partial charge is 0.352 e. The van der Waals surface area contributed by atoms with Gasteiger partial charge in [0, 0.05) is 11.6 Å². The zero-order valence-electron chi connectivity index (χ0n) is 10.3. The molecule has 1 aliphatic carbocycles. The Labute approximate surface area is 109 Å². The average molecular weight is 258 g/mol. The third-order valence-corrected chi connectivity index (χ3v) is 3.03.